The molecule has 0 bridgehead atoms. The van der Waals surface area contributed by atoms with Crippen LogP contribution in [0.4, 0.5) is 5.69 Å². The van der Waals surface area contributed by atoms with Crippen LogP contribution in [0.1, 0.15) is 31.1 Å². The first-order valence-electron chi connectivity index (χ1n) is 7.67. The van der Waals surface area contributed by atoms with Crippen molar-refractivity contribution in [3.63, 3.8) is 0 Å². The van der Waals surface area contributed by atoms with Gasteiger partial charge in [-0.2, -0.15) is 0 Å². The molecule has 11 heteroatoms. The molecule has 0 unspecified atom stereocenters. The van der Waals surface area contributed by atoms with Crippen LogP contribution >= 0.6 is 12.2 Å². The highest BCUT2D eigenvalue weighted by Gasteiger charge is 2.19. The predicted molar refractivity (Wildman–Crippen MR) is 102 cm³/mol. The van der Waals surface area contributed by atoms with Crippen molar-refractivity contribution in [2.75, 3.05) is 7.11 Å². The van der Waals surface area contributed by atoms with Gasteiger partial charge in [-0.3, -0.25) is 35.9 Å². The molecule has 3 N–H and O–H groups in total. The monoisotopic (exact) mass is 402 g/mol. The van der Waals surface area contributed by atoms with Crippen molar-refractivity contribution in [2.45, 2.75) is 0 Å². The lowest BCUT2D eigenvalue weighted by atomic mass is 10.1. The van der Waals surface area contributed by atoms with Crippen molar-refractivity contribution in [2.24, 2.45) is 0 Å². The molecule has 28 heavy (non-hydrogen) atoms. The van der Waals surface area contributed by atoms with Gasteiger partial charge in [0.05, 0.1) is 17.6 Å². The maximum absolute atomic E-state index is 12.1. The lowest BCUT2D eigenvalue weighted by Gasteiger charge is -2.11. The number of rotatable bonds is 4. The molecule has 2 rings (SSSR count). The number of ether oxygens (including phenoxy) is 1. The molecule has 0 aliphatic carbocycles. The van der Waals surface area contributed by atoms with Crippen molar-refractivity contribution in [1.29, 1.82) is 0 Å². The number of carbonyl (C=O) groups excluding carboxylic acids is 3. The molecule has 0 aliphatic heterocycles. The Bertz CT molecular complexity index is 945. The fourth-order valence-electron chi connectivity index (χ4n) is 2.09. The number of para-hydroxylation sites is 1. The largest absolute Gasteiger partial charge is 0.465 e. The number of nitrogens with one attached hydrogen (secondary N) is 3. The predicted octanol–water partition coefficient (Wildman–Crippen LogP) is 1.33. The van der Waals surface area contributed by atoms with Crippen LogP contribution in [-0.4, -0.2) is 34.9 Å². The molecular formula is C17H14N4O6S. The molecule has 0 atom stereocenters. The zero-order valence-corrected chi connectivity index (χ0v) is 15.2. The molecule has 0 saturated carbocycles. The van der Waals surface area contributed by atoms with E-state index in [1.54, 1.807) is 0 Å². The number of nitro groups is 1. The second kappa shape index (κ2) is 9.19. The van der Waals surface area contributed by atoms with Crippen molar-refractivity contribution in [3.8, 4) is 0 Å². The maximum atomic E-state index is 12.1. The summed E-state index contributed by atoms with van der Waals surface area (Å²) in [7, 11) is 1.24. The van der Waals surface area contributed by atoms with Gasteiger partial charge >= 0.3 is 5.97 Å². The summed E-state index contributed by atoms with van der Waals surface area (Å²) in [5, 5.41) is 13.0. The van der Waals surface area contributed by atoms with Crippen LogP contribution in [0.25, 0.3) is 0 Å². The third-order valence-corrected chi connectivity index (χ3v) is 3.63. The third kappa shape index (κ3) is 5.08. The minimum Gasteiger partial charge on any atom is -0.465 e. The van der Waals surface area contributed by atoms with E-state index in [4.69, 9.17) is 12.2 Å². The molecular weight excluding hydrogens is 388 g/mol. The van der Waals surface area contributed by atoms with Gasteiger partial charge in [-0.05, 0) is 42.5 Å². The first-order chi connectivity index (χ1) is 13.3. The Balaban J connectivity index is 1.93. The molecule has 0 heterocycles. The smallest absolute Gasteiger partial charge is 0.337 e. The van der Waals surface area contributed by atoms with Gasteiger partial charge in [0.15, 0.2) is 5.11 Å². The van der Waals surface area contributed by atoms with Gasteiger partial charge in [0.2, 0.25) is 0 Å². The van der Waals surface area contributed by atoms with Crippen molar-refractivity contribution < 1.29 is 24.0 Å². The summed E-state index contributed by atoms with van der Waals surface area (Å²) >= 11 is 4.90. The Morgan fingerprint density at radius 2 is 1.57 bits per heavy atom. The Hall–Kier alpha value is -3.86. The van der Waals surface area contributed by atoms with E-state index >= 15 is 0 Å². The molecule has 0 radical (unpaired) electrons. The highest BCUT2D eigenvalue weighted by molar-refractivity contribution is 7.80. The molecule has 0 spiro atoms. The molecule has 144 valence electrons. The van der Waals surface area contributed by atoms with Crippen LogP contribution in [0.15, 0.2) is 48.5 Å². The van der Waals surface area contributed by atoms with Crippen molar-refractivity contribution >= 4 is 40.8 Å². The van der Waals surface area contributed by atoms with Crippen LogP contribution in [0.3, 0.4) is 0 Å². The van der Waals surface area contributed by atoms with Crippen LogP contribution in [-0.2, 0) is 4.74 Å². The van der Waals surface area contributed by atoms with Gasteiger partial charge in [-0.1, -0.05) is 12.1 Å². The summed E-state index contributed by atoms with van der Waals surface area (Å²) < 4.78 is 4.56. The third-order valence-electron chi connectivity index (χ3n) is 3.43. The van der Waals surface area contributed by atoms with Gasteiger partial charge in [0.25, 0.3) is 17.5 Å². The zero-order chi connectivity index (χ0) is 20.7. The number of nitrogens with zero attached hydrogens (tertiary/aromatic N) is 1. The number of hydrogen-bond acceptors (Lipinski definition) is 7. The van der Waals surface area contributed by atoms with Crippen LogP contribution in [0, 0.1) is 10.1 Å². The van der Waals surface area contributed by atoms with Crippen LogP contribution in [0.5, 0.6) is 0 Å². The van der Waals surface area contributed by atoms with Crippen LogP contribution < -0.4 is 16.2 Å². The molecule has 2 amide bonds. The zero-order valence-electron chi connectivity index (χ0n) is 14.4. The summed E-state index contributed by atoms with van der Waals surface area (Å²) in [6.45, 7) is 0. The van der Waals surface area contributed by atoms with E-state index in [1.165, 1.54) is 55.6 Å². The average Bonchev–Trinajstić information content (AvgIpc) is 2.71. The summed E-state index contributed by atoms with van der Waals surface area (Å²) in [5.74, 6) is -1.93. The molecule has 2 aromatic carbocycles. The first kappa shape index (κ1) is 20.5. The second-order valence-electron chi connectivity index (χ2n) is 5.21. The van der Waals surface area contributed by atoms with Gasteiger partial charge in [0.1, 0.15) is 5.56 Å². The number of nitro benzene ring substituents is 1. The molecule has 0 aromatic heterocycles. The fraction of sp³-hybridized carbons (Fsp3) is 0.0588. The number of hydrazine groups is 1. The Morgan fingerprint density at radius 1 is 0.964 bits per heavy atom. The van der Waals surface area contributed by atoms with Gasteiger partial charge in [0, 0.05) is 11.6 Å². The van der Waals surface area contributed by atoms with E-state index in [0.29, 0.717) is 0 Å². The van der Waals surface area contributed by atoms with E-state index in [0.717, 1.165) is 0 Å². The van der Waals surface area contributed by atoms with Crippen LogP contribution in [0.2, 0.25) is 0 Å². The Kier molecular flexibility index (Phi) is 6.71. The normalized spacial score (nSPS) is 9.75. The highest BCUT2D eigenvalue weighted by Crippen LogP contribution is 2.16. The number of esters is 1. The van der Waals surface area contributed by atoms with E-state index in [-0.39, 0.29) is 27.5 Å². The lowest BCUT2D eigenvalue weighted by Crippen LogP contribution is -2.48. The first-order valence-corrected chi connectivity index (χ1v) is 8.07. The fourth-order valence-corrected chi connectivity index (χ4v) is 2.23. The minimum atomic E-state index is -0.800. The number of hydrogen-bond donors (Lipinski definition) is 3. The summed E-state index contributed by atoms with van der Waals surface area (Å²) in [5.41, 5.74) is 4.40. The Morgan fingerprint density at radius 3 is 2.18 bits per heavy atom. The maximum Gasteiger partial charge on any atom is 0.337 e. The standard InChI is InChI=1S/C17H14N4O6S/c1-27-16(24)11-8-6-10(7-9-11)14(22)18-17(28)20-19-15(23)12-4-2-3-5-13(12)21(25)26/h2-9H,1H3,(H,19,23)(H2,18,20,22,28). The number of amides is 2. The average molecular weight is 402 g/mol. The highest BCUT2D eigenvalue weighted by atomic mass is 32.1. The van der Waals surface area contributed by atoms with Gasteiger partial charge < -0.3 is 4.74 Å². The quantitative estimate of drug-likeness (QED) is 0.301. The summed E-state index contributed by atoms with van der Waals surface area (Å²) in [4.78, 5) is 45.8. The van der Waals surface area contributed by atoms with Crippen molar-refractivity contribution in [3.05, 3.63) is 75.3 Å². The second-order valence-corrected chi connectivity index (χ2v) is 5.61. The number of carbonyl (C=O) groups is 3. The number of benzene rings is 2. The van der Waals surface area contributed by atoms with Gasteiger partial charge in [-0.25, -0.2) is 4.79 Å². The SMILES string of the molecule is COC(=O)c1ccc(C(=O)NC(=S)NNC(=O)c2ccccc2[N+](=O)[O-])cc1. The van der Waals surface area contributed by atoms with Gasteiger partial charge in [-0.15, -0.1) is 0 Å². The molecule has 0 fully saturated rings. The van der Waals surface area contributed by atoms with E-state index < -0.39 is 22.7 Å². The molecule has 10 nitrogen and oxygen atoms in total. The molecule has 2 aromatic rings. The minimum absolute atomic E-state index is 0.174. The number of thiocarbonyl (C=S) groups is 1. The van der Waals surface area contributed by atoms with E-state index in [9.17, 15) is 24.5 Å². The van der Waals surface area contributed by atoms with E-state index in [2.05, 4.69) is 20.9 Å². The molecule has 0 saturated heterocycles. The lowest BCUT2D eigenvalue weighted by molar-refractivity contribution is -0.385. The Labute approximate surface area is 164 Å². The summed E-state index contributed by atoms with van der Waals surface area (Å²) in [6.07, 6.45) is 0. The van der Waals surface area contributed by atoms with Crippen molar-refractivity contribution in [1.82, 2.24) is 16.2 Å². The van der Waals surface area contributed by atoms with E-state index in [1.807, 2.05) is 0 Å². The topological polar surface area (TPSA) is 140 Å². The molecule has 0 aliphatic rings. The number of methoxy groups -OCH3 is 1. The summed E-state index contributed by atoms with van der Waals surface area (Å²) in [6, 6.07) is 11.0.